The second-order valence-electron chi connectivity index (χ2n) is 3.65. The van der Waals surface area contributed by atoms with Crippen LogP contribution in [0, 0.1) is 0 Å². The second-order valence-corrected chi connectivity index (χ2v) is 5.13. The third kappa shape index (κ3) is 2.86. The highest BCUT2D eigenvalue weighted by Crippen LogP contribution is 2.19. The first-order chi connectivity index (χ1) is 9.43. The van der Waals surface area contributed by atoms with Crippen molar-refractivity contribution in [1.29, 1.82) is 0 Å². The van der Waals surface area contributed by atoms with Crippen LogP contribution in [0.5, 0.6) is 0 Å². The van der Waals surface area contributed by atoms with Gasteiger partial charge in [0.15, 0.2) is 5.82 Å². The summed E-state index contributed by atoms with van der Waals surface area (Å²) in [5.41, 5.74) is 6.54. The molecule has 0 saturated heterocycles. The van der Waals surface area contributed by atoms with Gasteiger partial charge in [0.1, 0.15) is 5.69 Å². The van der Waals surface area contributed by atoms with Gasteiger partial charge < -0.3 is 4.98 Å². The summed E-state index contributed by atoms with van der Waals surface area (Å²) < 4.78 is 0. The summed E-state index contributed by atoms with van der Waals surface area (Å²) in [5.74, 6) is 0.840. The van der Waals surface area contributed by atoms with Gasteiger partial charge in [-0.2, -0.15) is 0 Å². The van der Waals surface area contributed by atoms with Crippen molar-refractivity contribution >= 4 is 33.7 Å². The molecular formula is C13H10N4S2. The monoisotopic (exact) mass is 286 g/mol. The highest BCUT2D eigenvalue weighted by molar-refractivity contribution is 7.08. The Morgan fingerprint density at radius 3 is 2.63 bits per heavy atom. The average Bonchev–Trinajstić information content (AvgIpc) is 3.20. The molecule has 0 saturated carbocycles. The lowest BCUT2D eigenvalue weighted by molar-refractivity contribution is 1.27. The molecular weight excluding hydrogens is 276 g/mol. The number of benzene rings is 1. The van der Waals surface area contributed by atoms with Crippen LogP contribution < -0.4 is 0 Å². The number of thiazole rings is 2. The number of hydrogen-bond acceptors (Lipinski definition) is 5. The van der Waals surface area contributed by atoms with Gasteiger partial charge in [0.25, 0.3) is 0 Å². The Balaban J connectivity index is 0.000000187. The van der Waals surface area contributed by atoms with E-state index in [-0.39, 0.29) is 0 Å². The van der Waals surface area contributed by atoms with Crippen molar-refractivity contribution in [3.63, 3.8) is 0 Å². The minimum Gasteiger partial charge on any atom is -0.337 e. The largest absolute Gasteiger partial charge is 0.337 e. The Hall–Kier alpha value is -2.05. The van der Waals surface area contributed by atoms with Crippen molar-refractivity contribution in [1.82, 2.24) is 19.9 Å². The number of para-hydroxylation sites is 2. The molecule has 6 heteroatoms. The van der Waals surface area contributed by atoms with Crippen LogP contribution in [0.2, 0.25) is 0 Å². The van der Waals surface area contributed by atoms with Gasteiger partial charge in [-0.05, 0) is 12.1 Å². The molecule has 4 nitrogen and oxygen atoms in total. The van der Waals surface area contributed by atoms with Gasteiger partial charge in [-0.3, -0.25) is 4.98 Å². The van der Waals surface area contributed by atoms with E-state index in [1.165, 1.54) is 0 Å². The van der Waals surface area contributed by atoms with Crippen LogP contribution in [-0.2, 0) is 0 Å². The quantitative estimate of drug-likeness (QED) is 0.578. The van der Waals surface area contributed by atoms with E-state index in [2.05, 4.69) is 19.9 Å². The summed E-state index contributed by atoms with van der Waals surface area (Å²) in [6, 6.07) is 7.97. The number of aromatic nitrogens is 4. The van der Waals surface area contributed by atoms with Crippen LogP contribution in [0.15, 0.2) is 52.2 Å². The van der Waals surface area contributed by atoms with Crippen LogP contribution >= 0.6 is 22.7 Å². The predicted molar refractivity (Wildman–Crippen MR) is 79.3 cm³/mol. The Bertz CT molecular complexity index is 679. The van der Waals surface area contributed by atoms with Gasteiger partial charge >= 0.3 is 0 Å². The van der Waals surface area contributed by atoms with Gasteiger partial charge in [0.2, 0.25) is 0 Å². The Labute approximate surface area is 117 Å². The molecule has 0 spiro atoms. The summed E-state index contributed by atoms with van der Waals surface area (Å²) in [7, 11) is 0. The van der Waals surface area contributed by atoms with Crippen molar-refractivity contribution in [2.24, 2.45) is 0 Å². The molecule has 4 rings (SSSR count). The number of hydrogen-bond donors (Lipinski definition) is 1. The molecule has 0 amide bonds. The Morgan fingerprint density at radius 1 is 1.05 bits per heavy atom. The number of fused-ring (bicyclic) bond motifs is 1. The Kier molecular flexibility index (Phi) is 3.62. The lowest BCUT2D eigenvalue weighted by atomic mass is 10.3. The smallest absolute Gasteiger partial charge is 0.158 e. The van der Waals surface area contributed by atoms with E-state index < -0.39 is 0 Å². The maximum Gasteiger partial charge on any atom is 0.158 e. The zero-order valence-corrected chi connectivity index (χ0v) is 11.5. The zero-order valence-electron chi connectivity index (χ0n) is 9.85. The zero-order chi connectivity index (χ0) is 12.9. The highest BCUT2D eigenvalue weighted by atomic mass is 32.1. The lowest BCUT2D eigenvalue weighted by Crippen LogP contribution is -1.77. The summed E-state index contributed by atoms with van der Waals surface area (Å²) in [5, 5.41) is 3.91. The van der Waals surface area contributed by atoms with E-state index >= 15 is 0 Å². The number of H-pyrrole nitrogens is 1. The normalized spacial score (nSPS) is 10.1. The van der Waals surface area contributed by atoms with Crippen molar-refractivity contribution in [2.45, 2.75) is 0 Å². The summed E-state index contributed by atoms with van der Waals surface area (Å²) in [6.07, 6.45) is 1.77. The van der Waals surface area contributed by atoms with Gasteiger partial charge in [-0.25, -0.2) is 9.97 Å². The molecule has 19 heavy (non-hydrogen) atoms. The first kappa shape index (κ1) is 12.0. The van der Waals surface area contributed by atoms with E-state index in [4.69, 9.17) is 0 Å². The average molecular weight is 286 g/mol. The van der Waals surface area contributed by atoms with Crippen LogP contribution in [0.25, 0.3) is 22.6 Å². The molecule has 0 unspecified atom stereocenters. The van der Waals surface area contributed by atoms with Crippen molar-refractivity contribution in [3.8, 4) is 11.5 Å². The lowest BCUT2D eigenvalue weighted by Gasteiger charge is -1.84. The van der Waals surface area contributed by atoms with Crippen molar-refractivity contribution in [2.75, 3.05) is 0 Å². The molecule has 94 valence electrons. The van der Waals surface area contributed by atoms with Crippen LogP contribution in [0.3, 0.4) is 0 Å². The number of aromatic amines is 1. The second kappa shape index (κ2) is 5.73. The molecule has 0 aliphatic rings. The predicted octanol–water partition coefficient (Wildman–Crippen LogP) is 3.83. The van der Waals surface area contributed by atoms with Crippen molar-refractivity contribution in [3.05, 3.63) is 52.2 Å². The fraction of sp³-hybridized carbons (Fsp3) is 0. The minimum atomic E-state index is 0.840. The third-order valence-electron chi connectivity index (χ3n) is 2.41. The number of rotatable bonds is 1. The van der Waals surface area contributed by atoms with Gasteiger partial charge in [0, 0.05) is 17.0 Å². The maximum atomic E-state index is 4.44. The summed E-state index contributed by atoms with van der Waals surface area (Å²) >= 11 is 3.18. The van der Waals surface area contributed by atoms with E-state index in [1.807, 2.05) is 40.5 Å². The first-order valence-corrected chi connectivity index (χ1v) is 7.47. The Morgan fingerprint density at radius 2 is 2.00 bits per heavy atom. The van der Waals surface area contributed by atoms with Gasteiger partial charge in [-0.15, -0.1) is 22.7 Å². The fourth-order valence-corrected chi connectivity index (χ4v) is 2.47. The third-order valence-corrected chi connectivity index (χ3v) is 3.52. The molecule has 0 bridgehead atoms. The topological polar surface area (TPSA) is 54.5 Å². The molecule has 4 aromatic rings. The molecule has 0 aliphatic heterocycles. The fourth-order valence-electron chi connectivity index (χ4n) is 1.58. The van der Waals surface area contributed by atoms with Crippen LogP contribution in [0.1, 0.15) is 0 Å². The molecule has 0 aliphatic carbocycles. The number of imidazole rings is 1. The van der Waals surface area contributed by atoms with Gasteiger partial charge in [0.05, 0.1) is 22.1 Å². The van der Waals surface area contributed by atoms with E-state index in [9.17, 15) is 0 Å². The van der Waals surface area contributed by atoms with E-state index in [1.54, 1.807) is 34.4 Å². The molecule has 3 heterocycles. The first-order valence-electron chi connectivity index (χ1n) is 5.59. The molecule has 0 radical (unpaired) electrons. The summed E-state index contributed by atoms with van der Waals surface area (Å²) in [6.45, 7) is 0. The van der Waals surface area contributed by atoms with E-state index in [0.717, 1.165) is 22.6 Å². The standard InChI is InChI=1S/C10H7N3S.C3H3NS/c1-2-4-8-7(3-1)12-10(13-8)9-5-14-6-11-9;1-2-5-3-4-1/h1-6H,(H,12,13);1-3H. The SMILES string of the molecule is c1ccc2[nH]c(-c3cscn3)nc2c1.c1cscn1. The molecule has 1 N–H and O–H groups in total. The minimum absolute atomic E-state index is 0.840. The van der Waals surface area contributed by atoms with E-state index in [0.29, 0.717) is 0 Å². The number of nitrogens with one attached hydrogen (secondary N) is 1. The maximum absolute atomic E-state index is 4.44. The highest BCUT2D eigenvalue weighted by Gasteiger charge is 2.05. The van der Waals surface area contributed by atoms with Crippen molar-refractivity contribution < 1.29 is 0 Å². The van der Waals surface area contributed by atoms with Crippen LogP contribution in [0.4, 0.5) is 0 Å². The van der Waals surface area contributed by atoms with Crippen LogP contribution in [-0.4, -0.2) is 19.9 Å². The molecule has 1 aromatic carbocycles. The van der Waals surface area contributed by atoms with Gasteiger partial charge in [-0.1, -0.05) is 12.1 Å². The summed E-state index contributed by atoms with van der Waals surface area (Å²) in [4.78, 5) is 15.6. The number of nitrogens with zero attached hydrogens (tertiary/aromatic N) is 3. The molecule has 0 atom stereocenters. The molecule has 3 aromatic heterocycles. The molecule has 0 fully saturated rings.